The van der Waals surface area contributed by atoms with E-state index in [2.05, 4.69) is 10.2 Å². The molecule has 0 unspecified atom stereocenters. The number of pyridine rings is 1. The molecule has 122 valence electrons. The van der Waals surface area contributed by atoms with Gasteiger partial charge < -0.3 is 0 Å². The number of benzene rings is 1. The van der Waals surface area contributed by atoms with E-state index in [1.807, 2.05) is 0 Å². The molecule has 0 fully saturated rings. The lowest BCUT2D eigenvalue weighted by Gasteiger charge is -2.21. The third-order valence-electron chi connectivity index (χ3n) is 3.20. The van der Waals surface area contributed by atoms with Crippen molar-refractivity contribution in [1.29, 1.82) is 5.26 Å². The fourth-order valence-electron chi connectivity index (χ4n) is 2.15. The third kappa shape index (κ3) is 2.77. The van der Waals surface area contributed by atoms with Gasteiger partial charge in [0.25, 0.3) is 10.0 Å². The number of hydrogen-bond donors (Lipinski definition) is 0. The molecule has 0 amide bonds. The van der Waals surface area contributed by atoms with Gasteiger partial charge in [-0.15, -0.1) is 10.2 Å². The molecule has 3 rings (SSSR count). The number of nitrogens with zero attached hydrogens (tertiary/aromatic N) is 5. The Labute approximate surface area is 135 Å². The van der Waals surface area contributed by atoms with Crippen LogP contribution in [0.25, 0.3) is 5.65 Å². The molecule has 2 heterocycles. The summed E-state index contributed by atoms with van der Waals surface area (Å²) in [5, 5.41) is 16.3. The van der Waals surface area contributed by atoms with Crippen LogP contribution >= 0.6 is 0 Å². The molecule has 0 saturated heterocycles. The number of nitriles is 1. The normalized spacial score (nSPS) is 11.4. The Kier molecular flexibility index (Phi) is 3.86. The zero-order valence-corrected chi connectivity index (χ0v) is 12.8. The maximum absolute atomic E-state index is 13.4. The Bertz CT molecular complexity index is 1040. The standard InChI is InChI=1S/C14H9F2N5O2S/c15-10-5-11(16)7-12(6-10)21(4-3-17)24(22,23)13-1-2-14-19-18-9-20(14)8-13/h1-2,5-9H,4H2. The predicted octanol–water partition coefficient (Wildman–Crippen LogP) is 1.73. The summed E-state index contributed by atoms with van der Waals surface area (Å²) >= 11 is 0. The summed E-state index contributed by atoms with van der Waals surface area (Å²) in [4.78, 5) is -0.172. The molecule has 0 atom stereocenters. The van der Waals surface area contributed by atoms with Crippen LogP contribution in [0.15, 0.2) is 47.8 Å². The van der Waals surface area contributed by atoms with Crippen molar-refractivity contribution in [3.05, 3.63) is 54.5 Å². The van der Waals surface area contributed by atoms with Gasteiger partial charge in [0.15, 0.2) is 5.65 Å². The van der Waals surface area contributed by atoms with Crippen molar-refractivity contribution in [3.63, 3.8) is 0 Å². The van der Waals surface area contributed by atoms with Crippen LogP contribution < -0.4 is 4.31 Å². The lowest BCUT2D eigenvalue weighted by molar-refractivity contribution is 0.581. The van der Waals surface area contributed by atoms with Crippen LogP contribution in [-0.2, 0) is 10.0 Å². The Hall–Kier alpha value is -3.06. The summed E-state index contributed by atoms with van der Waals surface area (Å²) in [6.45, 7) is -0.606. The van der Waals surface area contributed by atoms with Gasteiger partial charge in [0, 0.05) is 12.3 Å². The van der Waals surface area contributed by atoms with Crippen molar-refractivity contribution in [3.8, 4) is 6.07 Å². The van der Waals surface area contributed by atoms with Gasteiger partial charge in [-0.1, -0.05) is 0 Å². The number of halogens is 2. The second-order valence-corrected chi connectivity index (χ2v) is 6.62. The highest BCUT2D eigenvalue weighted by atomic mass is 32.2. The van der Waals surface area contributed by atoms with Gasteiger partial charge in [-0.25, -0.2) is 17.2 Å². The van der Waals surface area contributed by atoms with E-state index in [9.17, 15) is 17.2 Å². The third-order valence-corrected chi connectivity index (χ3v) is 4.96. The van der Waals surface area contributed by atoms with Gasteiger partial charge in [0.2, 0.25) is 0 Å². The van der Waals surface area contributed by atoms with Crippen LogP contribution in [0.5, 0.6) is 0 Å². The Morgan fingerprint density at radius 3 is 2.58 bits per heavy atom. The maximum Gasteiger partial charge on any atom is 0.266 e. The van der Waals surface area contributed by atoms with Gasteiger partial charge in [-0.05, 0) is 24.3 Å². The highest BCUT2D eigenvalue weighted by molar-refractivity contribution is 7.92. The Morgan fingerprint density at radius 2 is 1.92 bits per heavy atom. The lowest BCUT2D eigenvalue weighted by Crippen LogP contribution is -2.31. The summed E-state index contributed by atoms with van der Waals surface area (Å²) in [5.41, 5.74) is 0.149. The van der Waals surface area contributed by atoms with E-state index < -0.39 is 28.2 Å². The second-order valence-electron chi connectivity index (χ2n) is 4.76. The van der Waals surface area contributed by atoms with Crippen molar-refractivity contribution in [2.45, 2.75) is 4.90 Å². The van der Waals surface area contributed by atoms with Crippen molar-refractivity contribution in [2.75, 3.05) is 10.8 Å². The molecule has 3 aromatic rings. The topological polar surface area (TPSA) is 91.4 Å². The van der Waals surface area contributed by atoms with E-state index >= 15 is 0 Å². The molecule has 0 spiro atoms. The first-order valence-electron chi connectivity index (χ1n) is 6.57. The minimum Gasteiger partial charge on any atom is -0.288 e. The van der Waals surface area contributed by atoms with Crippen LogP contribution in [0.4, 0.5) is 14.5 Å². The molecule has 0 bridgehead atoms. The van der Waals surface area contributed by atoms with E-state index in [0.717, 1.165) is 12.1 Å². The van der Waals surface area contributed by atoms with Gasteiger partial charge in [0.1, 0.15) is 29.4 Å². The number of sulfonamides is 1. The summed E-state index contributed by atoms with van der Waals surface area (Å²) in [5.74, 6) is -1.89. The van der Waals surface area contributed by atoms with E-state index in [1.54, 1.807) is 6.07 Å². The molecule has 0 radical (unpaired) electrons. The van der Waals surface area contributed by atoms with E-state index in [4.69, 9.17) is 5.26 Å². The van der Waals surface area contributed by atoms with E-state index in [0.29, 0.717) is 16.0 Å². The molecule has 0 aliphatic heterocycles. The van der Waals surface area contributed by atoms with Gasteiger partial charge >= 0.3 is 0 Å². The summed E-state index contributed by atoms with van der Waals surface area (Å²) < 4.78 is 54.4. The summed E-state index contributed by atoms with van der Waals surface area (Å²) in [6, 6.07) is 6.69. The van der Waals surface area contributed by atoms with Crippen molar-refractivity contribution in [1.82, 2.24) is 14.6 Å². The zero-order chi connectivity index (χ0) is 17.3. The van der Waals surface area contributed by atoms with Crippen LogP contribution in [0.2, 0.25) is 0 Å². The maximum atomic E-state index is 13.4. The average Bonchev–Trinajstić information content (AvgIpc) is 2.98. The van der Waals surface area contributed by atoms with Crippen LogP contribution in [0.1, 0.15) is 0 Å². The number of fused-ring (bicyclic) bond motifs is 1. The molecule has 0 aliphatic carbocycles. The van der Waals surface area contributed by atoms with Gasteiger partial charge in [0.05, 0.1) is 11.8 Å². The van der Waals surface area contributed by atoms with Crippen LogP contribution in [-0.4, -0.2) is 29.6 Å². The predicted molar refractivity (Wildman–Crippen MR) is 79.5 cm³/mol. The highest BCUT2D eigenvalue weighted by Gasteiger charge is 2.26. The van der Waals surface area contributed by atoms with Crippen molar-refractivity contribution >= 4 is 21.4 Å². The number of rotatable bonds is 4. The molecule has 2 aromatic heterocycles. The Morgan fingerprint density at radius 1 is 1.21 bits per heavy atom. The molecular weight excluding hydrogens is 340 g/mol. The minimum absolute atomic E-state index is 0.172. The monoisotopic (exact) mass is 349 g/mol. The fourth-order valence-corrected chi connectivity index (χ4v) is 3.50. The van der Waals surface area contributed by atoms with Gasteiger partial charge in [-0.3, -0.25) is 8.71 Å². The first kappa shape index (κ1) is 15.8. The average molecular weight is 349 g/mol. The van der Waals surface area contributed by atoms with Crippen LogP contribution in [0, 0.1) is 23.0 Å². The van der Waals surface area contributed by atoms with E-state index in [1.165, 1.54) is 29.1 Å². The number of anilines is 1. The van der Waals surface area contributed by atoms with E-state index in [-0.39, 0.29) is 10.6 Å². The molecule has 0 aliphatic rings. The largest absolute Gasteiger partial charge is 0.288 e. The summed E-state index contributed by atoms with van der Waals surface area (Å²) in [6.07, 6.45) is 2.57. The fraction of sp³-hybridized carbons (Fsp3) is 0.0714. The number of aromatic nitrogens is 3. The van der Waals surface area contributed by atoms with Gasteiger partial charge in [-0.2, -0.15) is 5.26 Å². The summed E-state index contributed by atoms with van der Waals surface area (Å²) in [7, 11) is -4.22. The van der Waals surface area contributed by atoms with Crippen LogP contribution in [0.3, 0.4) is 0 Å². The Balaban J connectivity index is 2.13. The molecule has 0 saturated carbocycles. The molecule has 7 nitrogen and oxygen atoms in total. The molecule has 1 aromatic carbocycles. The van der Waals surface area contributed by atoms with Crippen molar-refractivity contribution in [2.24, 2.45) is 0 Å². The first-order chi connectivity index (χ1) is 11.4. The molecule has 24 heavy (non-hydrogen) atoms. The first-order valence-corrected chi connectivity index (χ1v) is 8.01. The number of hydrogen-bond acceptors (Lipinski definition) is 5. The molecule has 0 N–H and O–H groups in total. The zero-order valence-electron chi connectivity index (χ0n) is 12.0. The second kappa shape index (κ2) is 5.86. The SMILES string of the molecule is N#CCN(c1cc(F)cc(F)c1)S(=O)(=O)c1ccc2nncn2c1. The molecule has 10 heteroatoms. The minimum atomic E-state index is -4.22. The highest BCUT2D eigenvalue weighted by Crippen LogP contribution is 2.25. The molecular formula is C14H9F2N5O2S. The quantitative estimate of drug-likeness (QED) is 0.669. The lowest BCUT2D eigenvalue weighted by atomic mass is 10.3. The smallest absolute Gasteiger partial charge is 0.266 e. The van der Waals surface area contributed by atoms with Crippen molar-refractivity contribution < 1.29 is 17.2 Å².